The van der Waals surface area contributed by atoms with E-state index in [1.54, 1.807) is 24.3 Å². The first kappa shape index (κ1) is 38.4. The minimum atomic E-state index is -2.84. The lowest BCUT2D eigenvalue weighted by molar-refractivity contribution is -0.136. The quantitative estimate of drug-likeness (QED) is 0.301. The fraction of sp³-hybridized carbons (Fsp3) is 0.676. The molecule has 0 aliphatic carbocycles. The van der Waals surface area contributed by atoms with Gasteiger partial charge in [-0.05, 0) is 75.4 Å². The van der Waals surface area contributed by atoms with Crippen LogP contribution in [0.1, 0.15) is 114 Å². The van der Waals surface area contributed by atoms with E-state index in [1.807, 2.05) is 39.5 Å². The van der Waals surface area contributed by atoms with E-state index < -0.39 is 23.8 Å². The number of benzene rings is 1. The van der Waals surface area contributed by atoms with Crippen LogP contribution in [0.15, 0.2) is 30.9 Å². The lowest BCUT2D eigenvalue weighted by atomic mass is 9.84. The van der Waals surface area contributed by atoms with E-state index in [9.17, 15) is 14.4 Å². The van der Waals surface area contributed by atoms with E-state index in [0.717, 1.165) is 32.5 Å². The lowest BCUT2D eigenvalue weighted by Gasteiger charge is -2.40. The van der Waals surface area contributed by atoms with E-state index in [4.69, 9.17) is 0 Å². The van der Waals surface area contributed by atoms with Gasteiger partial charge in [0.25, 0.3) is 11.8 Å². The predicted octanol–water partition coefficient (Wildman–Crippen LogP) is 6.53. The molecule has 0 bridgehead atoms. The Morgan fingerprint density at radius 1 is 1.02 bits per heavy atom. The van der Waals surface area contributed by atoms with Gasteiger partial charge in [0.15, 0.2) is 0 Å². The minimum Gasteiger partial charge on any atom is -0.322 e. The van der Waals surface area contributed by atoms with Crippen molar-refractivity contribution in [3.63, 3.8) is 0 Å². The smallest absolute Gasteiger partial charge is 0.267 e. The summed E-state index contributed by atoms with van der Waals surface area (Å²) in [6, 6.07) is 4.29. The predicted molar refractivity (Wildman–Crippen MR) is 171 cm³/mol. The van der Waals surface area contributed by atoms with Crippen LogP contribution in [0.4, 0.5) is 8.78 Å². The van der Waals surface area contributed by atoms with Crippen LogP contribution < -0.4 is 10.6 Å². The molecule has 3 fully saturated rings. The van der Waals surface area contributed by atoms with Gasteiger partial charge in [0.2, 0.25) is 11.8 Å². The highest BCUT2D eigenvalue weighted by molar-refractivity contribution is 6.05. The highest BCUT2D eigenvalue weighted by Gasteiger charge is 2.46. The van der Waals surface area contributed by atoms with Crippen LogP contribution in [0.5, 0.6) is 0 Å². The number of fused-ring (bicyclic) bond motifs is 1. The summed E-state index contributed by atoms with van der Waals surface area (Å²) in [7, 11) is 0. The topological polar surface area (TPSA) is 81.8 Å². The van der Waals surface area contributed by atoms with E-state index in [1.165, 1.54) is 11.3 Å². The zero-order chi connectivity index (χ0) is 32.6. The number of likely N-dealkylation sites (tertiary alicyclic amines) is 1. The molecule has 0 aromatic heterocycles. The van der Waals surface area contributed by atoms with Crippen LogP contribution in [0.3, 0.4) is 0 Å². The van der Waals surface area contributed by atoms with E-state index >= 15 is 8.78 Å². The molecule has 7 nitrogen and oxygen atoms in total. The lowest BCUT2D eigenvalue weighted by Crippen LogP contribution is -2.52. The third-order valence-electron chi connectivity index (χ3n) is 7.60. The number of hydrogen-bond acceptors (Lipinski definition) is 5. The fourth-order valence-electron chi connectivity index (χ4n) is 5.82. The number of allylic oxidation sites excluding steroid dienone is 1. The molecule has 0 spiro atoms. The van der Waals surface area contributed by atoms with Gasteiger partial charge in [-0.25, -0.2) is 8.78 Å². The largest absolute Gasteiger partial charge is 0.322 e. The molecule has 4 heterocycles. The summed E-state index contributed by atoms with van der Waals surface area (Å²) >= 11 is 0. The maximum Gasteiger partial charge on any atom is 0.267 e. The van der Waals surface area contributed by atoms with Gasteiger partial charge >= 0.3 is 0 Å². The molecule has 9 heteroatoms. The number of halogens is 2. The average Bonchev–Trinajstić information content (AvgIpc) is 3.31. The standard InChI is InChI=1S/C24H30F2N4O3.C3H8.C3H6.2C2H6/c25-24(26)14-29(12-15-5-8-27-9-6-15)10-7-19(24)16-1-2-18-17(11-16)13-30(23(18)33)20-3-4-21(31)28-22(20)32;2*1-3-2;2*1-2/h1-2,11,15,19-20,27H,3-10,12-14H2,(H,28,31,32);3H2,1-2H3;3H,1H2,2H3;2*1-2H3. The second-order valence-electron chi connectivity index (χ2n) is 11.0. The molecule has 2 unspecified atom stereocenters. The number of imide groups is 1. The number of nitrogens with zero attached hydrogens (tertiary/aromatic N) is 2. The van der Waals surface area contributed by atoms with E-state index in [-0.39, 0.29) is 37.7 Å². The molecule has 4 aliphatic heterocycles. The van der Waals surface area contributed by atoms with Crippen molar-refractivity contribution in [1.29, 1.82) is 0 Å². The molecule has 3 amide bonds. The van der Waals surface area contributed by atoms with Crippen molar-refractivity contribution in [1.82, 2.24) is 20.4 Å². The monoisotopic (exact) mass is 606 g/mol. The maximum absolute atomic E-state index is 15.2. The Morgan fingerprint density at radius 3 is 2.19 bits per heavy atom. The molecule has 244 valence electrons. The van der Waals surface area contributed by atoms with Crippen LogP contribution in [0, 0.1) is 5.92 Å². The highest BCUT2D eigenvalue weighted by atomic mass is 19.3. The first-order valence-corrected chi connectivity index (χ1v) is 16.3. The number of carbonyl (C=O) groups is 3. The van der Waals surface area contributed by atoms with Crippen molar-refractivity contribution >= 4 is 17.7 Å². The third-order valence-corrected chi connectivity index (χ3v) is 7.60. The van der Waals surface area contributed by atoms with Crippen molar-refractivity contribution in [3.05, 3.63) is 47.5 Å². The molecule has 1 aromatic carbocycles. The number of alkyl halides is 2. The Bertz CT molecular complexity index is 1030. The molecular formula is C34H56F2N4O3. The molecule has 1 aromatic rings. The first-order valence-electron chi connectivity index (χ1n) is 16.3. The van der Waals surface area contributed by atoms with Crippen LogP contribution in [0.2, 0.25) is 0 Å². The Hall–Kier alpha value is -2.65. The van der Waals surface area contributed by atoms with Gasteiger partial charge in [-0.3, -0.25) is 24.6 Å². The number of amides is 3. The van der Waals surface area contributed by atoms with Crippen molar-refractivity contribution < 1.29 is 23.2 Å². The van der Waals surface area contributed by atoms with Crippen LogP contribution in [0.25, 0.3) is 0 Å². The average molecular weight is 607 g/mol. The Labute approximate surface area is 258 Å². The van der Waals surface area contributed by atoms with Gasteiger partial charge in [0.05, 0.1) is 12.5 Å². The zero-order valence-electron chi connectivity index (χ0n) is 27.6. The van der Waals surface area contributed by atoms with Gasteiger partial charge in [-0.15, -0.1) is 6.58 Å². The van der Waals surface area contributed by atoms with Gasteiger partial charge < -0.3 is 10.2 Å². The summed E-state index contributed by atoms with van der Waals surface area (Å²) in [4.78, 5) is 39.9. The van der Waals surface area contributed by atoms with Crippen molar-refractivity contribution in [2.24, 2.45) is 5.92 Å². The SMILES string of the molecule is C=CC.CC.CC.CCC.O=C1CCC(N2Cc3cc(C4CCN(CC5CCNCC5)CC4(F)F)ccc3C2=O)C(=O)N1. The zero-order valence-corrected chi connectivity index (χ0v) is 27.6. The third kappa shape index (κ3) is 10.8. The van der Waals surface area contributed by atoms with Gasteiger partial charge in [-0.1, -0.05) is 66.2 Å². The summed E-state index contributed by atoms with van der Waals surface area (Å²) in [6.45, 7) is 20.8. The fourth-order valence-corrected chi connectivity index (χ4v) is 5.82. The normalized spacial score (nSPS) is 23.0. The van der Waals surface area contributed by atoms with Gasteiger partial charge in [0, 0.05) is 25.1 Å². The minimum absolute atomic E-state index is 0.184. The molecule has 2 atom stereocenters. The molecule has 4 aliphatic rings. The molecule has 0 saturated carbocycles. The second kappa shape index (κ2) is 19.6. The van der Waals surface area contributed by atoms with Crippen molar-refractivity contribution in [3.8, 4) is 0 Å². The van der Waals surface area contributed by atoms with Crippen molar-refractivity contribution in [2.75, 3.05) is 32.7 Å². The molecule has 0 radical (unpaired) electrons. The Morgan fingerprint density at radius 2 is 1.63 bits per heavy atom. The summed E-state index contributed by atoms with van der Waals surface area (Å²) < 4.78 is 30.5. The Kier molecular flexibility index (Phi) is 17.5. The summed E-state index contributed by atoms with van der Waals surface area (Å²) in [5, 5.41) is 5.60. The molecule has 5 rings (SSSR count). The Balaban J connectivity index is 0.000000827. The van der Waals surface area contributed by atoms with Crippen LogP contribution in [-0.4, -0.2) is 72.2 Å². The summed E-state index contributed by atoms with van der Waals surface area (Å²) in [6.07, 6.45) is 5.92. The molecule has 2 N–H and O–H groups in total. The van der Waals surface area contributed by atoms with Crippen LogP contribution >= 0.6 is 0 Å². The van der Waals surface area contributed by atoms with Crippen LogP contribution in [-0.2, 0) is 16.1 Å². The van der Waals surface area contributed by atoms with Gasteiger partial charge in [-0.2, -0.15) is 0 Å². The highest BCUT2D eigenvalue weighted by Crippen LogP contribution is 2.42. The number of carbonyl (C=O) groups excluding carboxylic acids is 3. The van der Waals surface area contributed by atoms with Crippen molar-refractivity contribution in [2.45, 2.75) is 111 Å². The second-order valence-corrected chi connectivity index (χ2v) is 11.0. The van der Waals surface area contributed by atoms with Gasteiger partial charge in [0.1, 0.15) is 6.04 Å². The summed E-state index contributed by atoms with van der Waals surface area (Å²) in [5.41, 5.74) is 1.68. The first-order chi connectivity index (χ1) is 20.6. The molecule has 43 heavy (non-hydrogen) atoms. The number of hydrogen-bond donors (Lipinski definition) is 2. The van der Waals surface area contributed by atoms with E-state index in [2.05, 4.69) is 31.1 Å². The van der Waals surface area contributed by atoms with E-state index in [0.29, 0.717) is 35.6 Å². The number of nitrogens with one attached hydrogen (secondary N) is 2. The summed E-state index contributed by atoms with van der Waals surface area (Å²) in [5.74, 6) is -4.34. The number of rotatable bonds is 4. The maximum atomic E-state index is 15.2. The molecule has 3 saturated heterocycles. The number of piperidine rings is 3. The molecular weight excluding hydrogens is 550 g/mol.